The van der Waals surface area contributed by atoms with Gasteiger partial charge in [0, 0.05) is 35.8 Å². The van der Waals surface area contributed by atoms with Crippen LogP contribution >= 0.6 is 0 Å². The van der Waals surface area contributed by atoms with Crippen molar-refractivity contribution in [3.05, 3.63) is 88.9 Å². The molecule has 4 rings (SSSR count). The average molecular weight is 651 g/mol. The van der Waals surface area contributed by atoms with Gasteiger partial charge in [0.05, 0.1) is 43.1 Å². The van der Waals surface area contributed by atoms with Gasteiger partial charge in [0.25, 0.3) is 0 Å². The van der Waals surface area contributed by atoms with Crippen LogP contribution in [0.1, 0.15) is 53.4 Å². The van der Waals surface area contributed by atoms with Gasteiger partial charge in [-0.05, 0) is 56.5 Å². The molecule has 0 saturated heterocycles. The number of alkyl carbamates (subject to hydrolysis) is 1. The molecule has 0 saturated carbocycles. The van der Waals surface area contributed by atoms with E-state index in [1.54, 1.807) is 32.9 Å². The van der Waals surface area contributed by atoms with Gasteiger partial charge in [0.15, 0.2) is 17.3 Å². The number of fused-ring (bicyclic) bond motifs is 1. The highest BCUT2D eigenvalue weighted by molar-refractivity contribution is 6.00. The highest BCUT2D eigenvalue weighted by Gasteiger charge is 2.31. The molecule has 1 atom stereocenters. The van der Waals surface area contributed by atoms with E-state index >= 15 is 0 Å². The number of pyridine rings is 2. The molecule has 0 bridgehead atoms. The molecular weight excluding hydrogens is 617 g/mol. The first kappa shape index (κ1) is 34.5. The number of alkyl halides is 3. The number of nitrogens with one attached hydrogen (secondary N) is 1. The van der Waals surface area contributed by atoms with Crippen molar-refractivity contribution in [1.82, 2.24) is 15.3 Å². The van der Waals surface area contributed by atoms with Gasteiger partial charge in [-0.15, -0.1) is 0 Å². The Morgan fingerprint density at radius 2 is 1.72 bits per heavy atom. The van der Waals surface area contributed by atoms with E-state index in [9.17, 15) is 28.0 Å². The molecular formula is C34H33F3N4O6. The van der Waals surface area contributed by atoms with Gasteiger partial charge in [-0.1, -0.05) is 18.2 Å². The normalized spacial score (nSPS) is 12.1. The van der Waals surface area contributed by atoms with Crippen LogP contribution in [0.3, 0.4) is 0 Å². The maximum atomic E-state index is 13.5. The van der Waals surface area contributed by atoms with Crippen molar-refractivity contribution < 1.29 is 41.7 Å². The molecule has 0 radical (unpaired) electrons. The molecule has 0 aliphatic rings. The van der Waals surface area contributed by atoms with Crippen LogP contribution in [-0.4, -0.2) is 54.3 Å². The summed E-state index contributed by atoms with van der Waals surface area (Å²) in [6.07, 6.45) is -1.37. The standard InChI is InChI=1S/C34H33F3N4O6/c1-33(2,3)47-32(43)41-24(10-20-7-6-8-23(9-20)34(35,36)37)19-46-25-11-21(16-39-18-25)29(42)12-26-22(15-38)17-40-28-14-31(45-5)30(44-4)13-27(26)28/h6-9,11,13-14,16-18,24H,10,12,19H2,1-5H3,(H,41,43)/t24-/m0/s1. The lowest BCUT2D eigenvalue weighted by Crippen LogP contribution is -2.43. The number of hydrogen-bond acceptors (Lipinski definition) is 9. The molecule has 0 unspecified atom stereocenters. The van der Waals surface area contributed by atoms with Crippen molar-refractivity contribution in [2.24, 2.45) is 0 Å². The molecule has 2 heterocycles. The van der Waals surface area contributed by atoms with Crippen LogP contribution in [0.5, 0.6) is 17.2 Å². The molecule has 2 aromatic heterocycles. The summed E-state index contributed by atoms with van der Waals surface area (Å²) in [7, 11) is 2.96. The van der Waals surface area contributed by atoms with Gasteiger partial charge in [-0.2, -0.15) is 18.4 Å². The number of carbonyl (C=O) groups is 2. The van der Waals surface area contributed by atoms with Gasteiger partial charge in [-0.25, -0.2) is 4.79 Å². The van der Waals surface area contributed by atoms with Crippen molar-refractivity contribution in [2.45, 2.75) is 51.4 Å². The first-order valence-corrected chi connectivity index (χ1v) is 14.4. The molecule has 0 aliphatic heterocycles. The molecule has 4 aromatic rings. The van der Waals surface area contributed by atoms with Crippen LogP contribution in [-0.2, 0) is 23.8 Å². The van der Waals surface area contributed by atoms with Gasteiger partial charge in [-0.3, -0.25) is 14.8 Å². The fraction of sp³-hybridized carbons (Fsp3) is 0.324. The Balaban J connectivity index is 1.55. The fourth-order valence-electron chi connectivity index (χ4n) is 4.76. The minimum atomic E-state index is -4.53. The van der Waals surface area contributed by atoms with Crippen LogP contribution < -0.4 is 19.5 Å². The van der Waals surface area contributed by atoms with E-state index in [1.165, 1.54) is 51.0 Å². The number of hydrogen-bond donors (Lipinski definition) is 1. The van der Waals surface area contributed by atoms with E-state index in [0.717, 1.165) is 12.1 Å². The zero-order valence-corrected chi connectivity index (χ0v) is 26.4. The number of Topliss-reactive ketones (excluding diaryl/α,β-unsaturated/α-hetero) is 1. The third-order valence-corrected chi connectivity index (χ3v) is 6.89. The molecule has 1 amide bonds. The van der Waals surface area contributed by atoms with Crippen LogP contribution in [0.2, 0.25) is 0 Å². The lowest BCUT2D eigenvalue weighted by molar-refractivity contribution is -0.137. The molecule has 13 heteroatoms. The Bertz CT molecular complexity index is 1810. The number of halogens is 3. The lowest BCUT2D eigenvalue weighted by Gasteiger charge is -2.24. The first-order valence-electron chi connectivity index (χ1n) is 14.4. The number of aromatic nitrogens is 2. The third-order valence-electron chi connectivity index (χ3n) is 6.89. The number of ketones is 1. The fourth-order valence-corrected chi connectivity index (χ4v) is 4.76. The Hall–Kier alpha value is -5.38. The minimum Gasteiger partial charge on any atom is -0.493 e. The lowest BCUT2D eigenvalue weighted by atomic mass is 9.96. The van der Waals surface area contributed by atoms with Crippen molar-refractivity contribution in [1.29, 1.82) is 5.26 Å². The van der Waals surface area contributed by atoms with Crippen molar-refractivity contribution in [3.8, 4) is 23.3 Å². The maximum absolute atomic E-state index is 13.5. The number of carbonyl (C=O) groups excluding carboxylic acids is 2. The van der Waals surface area contributed by atoms with E-state index in [4.69, 9.17) is 18.9 Å². The van der Waals surface area contributed by atoms with Crippen LogP contribution in [0.4, 0.5) is 18.0 Å². The summed E-state index contributed by atoms with van der Waals surface area (Å²) in [5.74, 6) is 0.662. The molecule has 47 heavy (non-hydrogen) atoms. The number of methoxy groups -OCH3 is 2. The van der Waals surface area contributed by atoms with Crippen LogP contribution in [0, 0.1) is 11.3 Å². The van der Waals surface area contributed by atoms with Crippen LogP contribution in [0.25, 0.3) is 10.9 Å². The largest absolute Gasteiger partial charge is 0.493 e. The van der Waals surface area contributed by atoms with Crippen molar-refractivity contribution in [3.63, 3.8) is 0 Å². The monoisotopic (exact) mass is 650 g/mol. The summed E-state index contributed by atoms with van der Waals surface area (Å²) in [6, 6.07) is 10.8. The zero-order valence-electron chi connectivity index (χ0n) is 26.4. The quantitative estimate of drug-likeness (QED) is 0.181. The third kappa shape index (κ3) is 9.09. The molecule has 0 fully saturated rings. The Morgan fingerprint density at radius 3 is 2.38 bits per heavy atom. The summed E-state index contributed by atoms with van der Waals surface area (Å²) >= 11 is 0. The second kappa shape index (κ2) is 14.4. The summed E-state index contributed by atoms with van der Waals surface area (Å²) in [5, 5.41) is 13.0. The zero-order chi connectivity index (χ0) is 34.4. The van der Waals surface area contributed by atoms with E-state index in [2.05, 4.69) is 21.4 Å². The molecule has 2 aromatic carbocycles. The van der Waals surface area contributed by atoms with E-state index < -0.39 is 29.5 Å². The molecule has 0 aliphatic carbocycles. The first-order chi connectivity index (χ1) is 22.2. The van der Waals surface area contributed by atoms with Crippen molar-refractivity contribution in [2.75, 3.05) is 20.8 Å². The Kier molecular flexibility index (Phi) is 10.5. The van der Waals surface area contributed by atoms with Gasteiger partial charge in [0.2, 0.25) is 0 Å². The van der Waals surface area contributed by atoms with Crippen molar-refractivity contribution >= 4 is 22.8 Å². The SMILES string of the molecule is COc1cc2ncc(C#N)c(CC(=O)c3cncc(OC[C@H](Cc4cccc(C(F)(F)F)c4)NC(=O)OC(C)(C)C)c3)c2cc1OC. The van der Waals surface area contributed by atoms with Crippen LogP contribution in [0.15, 0.2) is 61.1 Å². The maximum Gasteiger partial charge on any atom is 0.416 e. The average Bonchev–Trinajstić information content (AvgIpc) is 3.02. The van der Waals surface area contributed by atoms with Gasteiger partial charge in [0.1, 0.15) is 24.0 Å². The van der Waals surface area contributed by atoms with E-state index in [-0.39, 0.29) is 42.1 Å². The van der Waals surface area contributed by atoms with Gasteiger partial charge < -0.3 is 24.3 Å². The number of ether oxygens (including phenoxy) is 4. The number of rotatable bonds is 11. The topological polar surface area (TPSA) is 133 Å². The van der Waals surface area contributed by atoms with E-state index in [0.29, 0.717) is 33.5 Å². The Morgan fingerprint density at radius 1 is 1.00 bits per heavy atom. The van der Waals surface area contributed by atoms with Gasteiger partial charge >= 0.3 is 12.3 Å². The highest BCUT2D eigenvalue weighted by atomic mass is 19.4. The number of benzene rings is 2. The Labute approximate surface area is 269 Å². The predicted octanol–water partition coefficient (Wildman–Crippen LogP) is 6.48. The summed E-state index contributed by atoms with van der Waals surface area (Å²) in [6.45, 7) is 4.87. The molecule has 0 spiro atoms. The summed E-state index contributed by atoms with van der Waals surface area (Å²) in [4.78, 5) is 34.5. The molecule has 1 N–H and O–H groups in total. The summed E-state index contributed by atoms with van der Waals surface area (Å²) < 4.78 is 61.9. The number of nitrogens with zero attached hydrogens (tertiary/aromatic N) is 3. The summed E-state index contributed by atoms with van der Waals surface area (Å²) in [5.41, 5.74) is 0.0320. The minimum absolute atomic E-state index is 0.00445. The molecule has 10 nitrogen and oxygen atoms in total. The predicted molar refractivity (Wildman–Crippen MR) is 166 cm³/mol. The number of amides is 1. The highest BCUT2D eigenvalue weighted by Crippen LogP contribution is 2.34. The second-order valence-electron chi connectivity index (χ2n) is 11.6. The molecule has 246 valence electrons. The number of nitriles is 1. The smallest absolute Gasteiger partial charge is 0.416 e. The second-order valence-corrected chi connectivity index (χ2v) is 11.6. The van der Waals surface area contributed by atoms with E-state index in [1.807, 2.05) is 0 Å².